The number of aryl methyl sites for hydroxylation is 2. The molecule has 1 aliphatic heterocycles. The molecule has 0 atom stereocenters. The van der Waals surface area contributed by atoms with Gasteiger partial charge in [0.05, 0.1) is 29.1 Å². The first-order valence-corrected chi connectivity index (χ1v) is 11.8. The Morgan fingerprint density at radius 1 is 1.19 bits per heavy atom. The second kappa shape index (κ2) is 9.35. The van der Waals surface area contributed by atoms with Gasteiger partial charge < -0.3 is 14.6 Å². The molecule has 10 heteroatoms. The van der Waals surface area contributed by atoms with Crippen LogP contribution in [0.5, 0.6) is 0 Å². The Morgan fingerprint density at radius 2 is 1.94 bits per heavy atom. The zero-order chi connectivity index (χ0) is 22.7. The average molecular weight is 461 g/mol. The van der Waals surface area contributed by atoms with Crippen LogP contribution < -0.4 is 5.32 Å². The van der Waals surface area contributed by atoms with E-state index in [9.17, 15) is 17.6 Å². The highest BCUT2D eigenvalue weighted by atomic mass is 32.2. The number of aromatic nitrogens is 2. The zero-order valence-electron chi connectivity index (χ0n) is 17.8. The van der Waals surface area contributed by atoms with Gasteiger partial charge in [0.25, 0.3) is 0 Å². The minimum absolute atomic E-state index is 0.122. The predicted octanol–water partition coefficient (Wildman–Crippen LogP) is 1.98. The maximum absolute atomic E-state index is 13.7. The number of amides is 1. The molecule has 4 rings (SSSR count). The zero-order valence-corrected chi connectivity index (χ0v) is 18.6. The van der Waals surface area contributed by atoms with Crippen LogP contribution in [0.2, 0.25) is 0 Å². The smallest absolute Gasteiger partial charge is 0.243 e. The van der Waals surface area contributed by atoms with Crippen molar-refractivity contribution in [3.05, 3.63) is 59.7 Å². The normalized spacial score (nSPS) is 15.2. The number of imidazole rings is 1. The van der Waals surface area contributed by atoms with E-state index < -0.39 is 10.0 Å². The fourth-order valence-electron chi connectivity index (χ4n) is 3.70. The number of rotatable bonds is 7. The molecule has 2 heterocycles. The molecule has 1 amide bonds. The van der Waals surface area contributed by atoms with Gasteiger partial charge in [-0.2, -0.15) is 4.31 Å². The van der Waals surface area contributed by atoms with E-state index in [4.69, 9.17) is 4.74 Å². The van der Waals surface area contributed by atoms with E-state index in [0.29, 0.717) is 49.6 Å². The van der Waals surface area contributed by atoms with Crippen molar-refractivity contribution < 1.29 is 22.3 Å². The van der Waals surface area contributed by atoms with Gasteiger partial charge in [-0.1, -0.05) is 18.2 Å². The summed E-state index contributed by atoms with van der Waals surface area (Å²) < 4.78 is 48.0. The second-order valence-electron chi connectivity index (χ2n) is 7.62. The third-order valence-electron chi connectivity index (χ3n) is 5.56. The average Bonchev–Trinajstić information content (AvgIpc) is 3.12. The van der Waals surface area contributed by atoms with Crippen molar-refractivity contribution in [2.24, 2.45) is 7.05 Å². The minimum Gasteiger partial charge on any atom is -0.379 e. The number of sulfonamides is 1. The number of morpholine rings is 1. The summed E-state index contributed by atoms with van der Waals surface area (Å²) in [4.78, 5) is 17.0. The van der Waals surface area contributed by atoms with Crippen molar-refractivity contribution in [1.29, 1.82) is 0 Å². The van der Waals surface area contributed by atoms with Crippen molar-refractivity contribution in [3.8, 4) is 0 Å². The number of ether oxygens (including phenoxy) is 1. The van der Waals surface area contributed by atoms with E-state index in [1.54, 1.807) is 36.4 Å². The molecule has 32 heavy (non-hydrogen) atoms. The molecule has 170 valence electrons. The molecule has 3 aromatic rings. The Kier molecular flexibility index (Phi) is 6.54. The number of fused-ring (bicyclic) bond motifs is 1. The molecule has 1 aliphatic rings. The van der Waals surface area contributed by atoms with E-state index in [1.807, 2.05) is 11.6 Å². The molecule has 0 radical (unpaired) electrons. The first kappa shape index (κ1) is 22.4. The van der Waals surface area contributed by atoms with E-state index in [0.717, 1.165) is 5.52 Å². The van der Waals surface area contributed by atoms with Gasteiger partial charge in [0, 0.05) is 45.1 Å². The van der Waals surface area contributed by atoms with Crippen molar-refractivity contribution in [1.82, 2.24) is 19.2 Å². The van der Waals surface area contributed by atoms with Gasteiger partial charge in [-0.15, -0.1) is 0 Å². The topological polar surface area (TPSA) is 93.5 Å². The lowest BCUT2D eigenvalue weighted by atomic mass is 10.2. The number of hydrogen-bond acceptors (Lipinski definition) is 5. The van der Waals surface area contributed by atoms with Gasteiger partial charge in [0.15, 0.2) is 0 Å². The van der Waals surface area contributed by atoms with E-state index in [2.05, 4.69) is 10.3 Å². The molecule has 0 bridgehead atoms. The lowest BCUT2D eigenvalue weighted by Gasteiger charge is -2.26. The van der Waals surface area contributed by atoms with Crippen LogP contribution in [0.3, 0.4) is 0 Å². The first-order chi connectivity index (χ1) is 15.4. The Bertz CT molecular complexity index is 1240. The number of halogens is 1. The van der Waals surface area contributed by atoms with Gasteiger partial charge in [0.1, 0.15) is 11.6 Å². The molecule has 1 fully saturated rings. The molecule has 0 saturated carbocycles. The van der Waals surface area contributed by atoms with Crippen LogP contribution in [0.15, 0.2) is 47.4 Å². The fourth-order valence-corrected chi connectivity index (χ4v) is 5.13. The van der Waals surface area contributed by atoms with E-state index in [-0.39, 0.29) is 29.6 Å². The van der Waals surface area contributed by atoms with Crippen molar-refractivity contribution in [2.75, 3.05) is 26.3 Å². The van der Waals surface area contributed by atoms with Crippen molar-refractivity contribution in [3.63, 3.8) is 0 Å². The van der Waals surface area contributed by atoms with E-state index in [1.165, 1.54) is 10.4 Å². The molecule has 1 saturated heterocycles. The van der Waals surface area contributed by atoms with Crippen LogP contribution in [-0.4, -0.2) is 54.5 Å². The Morgan fingerprint density at radius 3 is 2.69 bits per heavy atom. The number of hydrogen-bond donors (Lipinski definition) is 1. The summed E-state index contributed by atoms with van der Waals surface area (Å²) in [6.45, 7) is 1.55. The molecular weight excluding hydrogens is 435 g/mol. The molecule has 8 nitrogen and oxygen atoms in total. The van der Waals surface area contributed by atoms with Crippen LogP contribution in [0.25, 0.3) is 11.0 Å². The Hall–Kier alpha value is -2.82. The number of nitrogens with zero attached hydrogens (tertiary/aromatic N) is 3. The maximum atomic E-state index is 13.7. The van der Waals surface area contributed by atoms with Crippen LogP contribution in [-0.2, 0) is 39.6 Å². The SMILES string of the molecule is Cn1c(CCC(=O)NCc2ccccc2F)nc2cc(S(=O)(=O)N3CCOCC3)ccc21. The Balaban J connectivity index is 1.44. The van der Waals surface area contributed by atoms with Gasteiger partial charge in [0.2, 0.25) is 15.9 Å². The number of carbonyl (C=O) groups excluding carboxylic acids is 1. The summed E-state index contributed by atoms with van der Waals surface area (Å²) in [5.74, 6) is 0.101. The summed E-state index contributed by atoms with van der Waals surface area (Å²) in [7, 11) is -1.78. The monoisotopic (exact) mass is 460 g/mol. The molecule has 0 unspecified atom stereocenters. The highest BCUT2D eigenvalue weighted by molar-refractivity contribution is 7.89. The van der Waals surface area contributed by atoms with Crippen LogP contribution in [0, 0.1) is 5.82 Å². The van der Waals surface area contributed by atoms with E-state index >= 15 is 0 Å². The number of benzene rings is 2. The third-order valence-corrected chi connectivity index (χ3v) is 7.46. The van der Waals surface area contributed by atoms with Gasteiger partial charge in [-0.25, -0.2) is 17.8 Å². The summed E-state index contributed by atoms with van der Waals surface area (Å²) in [5.41, 5.74) is 1.77. The fraction of sp³-hybridized carbons (Fsp3) is 0.364. The predicted molar refractivity (Wildman–Crippen MR) is 117 cm³/mol. The highest BCUT2D eigenvalue weighted by Gasteiger charge is 2.27. The minimum atomic E-state index is -3.61. The quantitative estimate of drug-likeness (QED) is 0.582. The molecule has 1 N–H and O–H groups in total. The standard InChI is InChI=1S/C22H25FN4O4S/c1-26-20-7-6-17(32(29,30)27-10-12-31-13-11-27)14-19(20)25-21(26)8-9-22(28)24-15-16-4-2-3-5-18(16)23/h2-7,14H,8-13,15H2,1H3,(H,24,28). The molecule has 0 spiro atoms. The van der Waals surface area contributed by atoms with Gasteiger partial charge in [-0.3, -0.25) is 4.79 Å². The van der Waals surface area contributed by atoms with Crippen LogP contribution >= 0.6 is 0 Å². The molecule has 2 aromatic carbocycles. The second-order valence-corrected chi connectivity index (χ2v) is 9.56. The summed E-state index contributed by atoms with van der Waals surface area (Å²) >= 11 is 0. The Labute approximate surface area is 186 Å². The maximum Gasteiger partial charge on any atom is 0.243 e. The van der Waals surface area contributed by atoms with Crippen LogP contribution in [0.4, 0.5) is 4.39 Å². The summed E-state index contributed by atoms with van der Waals surface area (Å²) in [6, 6.07) is 11.2. The van der Waals surface area contributed by atoms with Gasteiger partial charge >= 0.3 is 0 Å². The first-order valence-electron chi connectivity index (χ1n) is 10.4. The number of nitrogens with one attached hydrogen (secondary N) is 1. The highest BCUT2D eigenvalue weighted by Crippen LogP contribution is 2.23. The van der Waals surface area contributed by atoms with Gasteiger partial charge in [-0.05, 0) is 24.3 Å². The molecule has 1 aromatic heterocycles. The van der Waals surface area contributed by atoms with Crippen LogP contribution in [0.1, 0.15) is 17.8 Å². The molecular formula is C22H25FN4O4S. The van der Waals surface area contributed by atoms with Crippen molar-refractivity contribution >= 4 is 27.0 Å². The number of carbonyl (C=O) groups is 1. The van der Waals surface area contributed by atoms with Crippen molar-refractivity contribution in [2.45, 2.75) is 24.3 Å². The summed E-state index contributed by atoms with van der Waals surface area (Å²) in [5, 5.41) is 2.72. The lowest BCUT2D eigenvalue weighted by molar-refractivity contribution is -0.121. The largest absolute Gasteiger partial charge is 0.379 e. The summed E-state index contributed by atoms with van der Waals surface area (Å²) in [6.07, 6.45) is 0.560. The lowest BCUT2D eigenvalue weighted by Crippen LogP contribution is -2.40. The molecule has 0 aliphatic carbocycles. The third kappa shape index (κ3) is 4.67.